The normalized spacial score (nSPS) is 12.1. The lowest BCUT2D eigenvalue weighted by Gasteiger charge is -2.27. The maximum absolute atomic E-state index is 12.3. The van der Waals surface area contributed by atoms with E-state index in [9.17, 15) is 31.1 Å². The van der Waals surface area contributed by atoms with Gasteiger partial charge < -0.3 is 4.90 Å². The number of hydrazine groups is 1. The number of amides is 1. The third-order valence-electron chi connectivity index (χ3n) is 2.37. The van der Waals surface area contributed by atoms with Crippen LogP contribution in [0.4, 0.5) is 32.0 Å². The van der Waals surface area contributed by atoms with E-state index in [1.807, 2.05) is 0 Å². The Bertz CT molecular complexity index is 466. The summed E-state index contributed by atoms with van der Waals surface area (Å²) in [4.78, 5) is 11.3. The van der Waals surface area contributed by atoms with Gasteiger partial charge in [0.2, 0.25) is 0 Å². The molecule has 0 saturated heterocycles. The molecule has 0 unspecified atom stereocenters. The van der Waals surface area contributed by atoms with Gasteiger partial charge in [-0.2, -0.15) is 26.3 Å². The van der Waals surface area contributed by atoms with Crippen LogP contribution >= 0.6 is 0 Å². The third-order valence-corrected chi connectivity index (χ3v) is 2.37. The number of nitrogens with two attached hydrogens (primary N) is 1. The van der Waals surface area contributed by atoms with Crippen molar-refractivity contribution in [2.45, 2.75) is 12.4 Å². The number of anilines is 1. The molecule has 3 N–H and O–H groups in total. The molecule has 0 saturated carbocycles. The maximum atomic E-state index is 12.3. The average molecular weight is 315 g/mol. The molecule has 0 heterocycles. The van der Waals surface area contributed by atoms with Crippen LogP contribution in [-0.2, 0) is 0 Å². The summed E-state index contributed by atoms with van der Waals surface area (Å²) in [5, 5.41) is 0. The first-order valence-corrected chi connectivity index (χ1v) is 5.51. The van der Waals surface area contributed by atoms with E-state index in [0.717, 1.165) is 24.3 Å². The van der Waals surface area contributed by atoms with E-state index >= 15 is 0 Å². The summed E-state index contributed by atoms with van der Waals surface area (Å²) in [5.41, 5.74) is 1.50. The van der Waals surface area contributed by atoms with Gasteiger partial charge in [0.05, 0.1) is 0 Å². The molecule has 0 spiro atoms. The van der Waals surface area contributed by atoms with E-state index in [4.69, 9.17) is 5.84 Å². The van der Waals surface area contributed by atoms with Gasteiger partial charge >= 0.3 is 12.4 Å². The number of halogens is 6. The summed E-state index contributed by atoms with van der Waals surface area (Å²) < 4.78 is 74.0. The lowest BCUT2D eigenvalue weighted by Crippen LogP contribution is -2.40. The van der Waals surface area contributed by atoms with Crippen LogP contribution in [0, 0.1) is 0 Å². The predicted octanol–water partition coefficient (Wildman–Crippen LogP) is 2.22. The summed E-state index contributed by atoms with van der Waals surface area (Å²) in [6.07, 6.45) is -9.59. The minimum absolute atomic E-state index is 0.0141. The quantitative estimate of drug-likeness (QED) is 0.388. The highest BCUT2D eigenvalue weighted by Gasteiger charge is 2.37. The Kier molecular flexibility index (Phi) is 5.05. The second-order valence-electron chi connectivity index (χ2n) is 4.11. The molecule has 1 amide bonds. The molecule has 0 atom stereocenters. The topological polar surface area (TPSA) is 58.4 Å². The number of nitrogens with zero attached hydrogens (tertiary/aromatic N) is 1. The van der Waals surface area contributed by atoms with E-state index < -0.39 is 31.3 Å². The van der Waals surface area contributed by atoms with Crippen LogP contribution in [-0.4, -0.2) is 31.3 Å². The fourth-order valence-electron chi connectivity index (χ4n) is 1.58. The van der Waals surface area contributed by atoms with Gasteiger partial charge in [0.1, 0.15) is 13.1 Å². The zero-order valence-electron chi connectivity index (χ0n) is 10.4. The number of carbonyl (C=O) groups is 1. The van der Waals surface area contributed by atoms with Gasteiger partial charge in [0, 0.05) is 11.3 Å². The molecule has 118 valence electrons. The Balaban J connectivity index is 3.00. The van der Waals surface area contributed by atoms with Crippen molar-refractivity contribution >= 4 is 11.6 Å². The molecule has 21 heavy (non-hydrogen) atoms. The summed E-state index contributed by atoms with van der Waals surface area (Å²) in [6.45, 7) is -3.51. The van der Waals surface area contributed by atoms with Crippen LogP contribution in [0.2, 0.25) is 0 Å². The minimum Gasteiger partial charge on any atom is -0.353 e. The van der Waals surface area contributed by atoms with Gasteiger partial charge in [-0.1, -0.05) is 0 Å². The molecule has 0 aliphatic heterocycles. The molecule has 0 aromatic heterocycles. The van der Waals surface area contributed by atoms with Crippen molar-refractivity contribution in [1.29, 1.82) is 0 Å². The molecule has 0 aliphatic carbocycles. The van der Waals surface area contributed by atoms with Crippen molar-refractivity contribution in [2.75, 3.05) is 18.0 Å². The van der Waals surface area contributed by atoms with Crippen molar-refractivity contribution in [2.24, 2.45) is 5.84 Å². The molecular formula is C11H11F6N3O. The van der Waals surface area contributed by atoms with Gasteiger partial charge in [-0.3, -0.25) is 10.2 Å². The molecular weight excluding hydrogens is 304 g/mol. The van der Waals surface area contributed by atoms with Crippen molar-refractivity contribution in [3.63, 3.8) is 0 Å². The molecule has 0 bridgehead atoms. The van der Waals surface area contributed by atoms with Crippen LogP contribution in [0.5, 0.6) is 0 Å². The summed E-state index contributed by atoms with van der Waals surface area (Å²) >= 11 is 0. The molecule has 10 heteroatoms. The SMILES string of the molecule is NNC(=O)c1ccc(N(CC(F)(F)F)CC(F)(F)F)cc1. The predicted molar refractivity (Wildman–Crippen MR) is 62.4 cm³/mol. The van der Waals surface area contributed by atoms with Crippen LogP contribution in [0.15, 0.2) is 24.3 Å². The van der Waals surface area contributed by atoms with Gasteiger partial charge in [0.25, 0.3) is 5.91 Å². The fourth-order valence-corrected chi connectivity index (χ4v) is 1.58. The van der Waals surface area contributed by atoms with E-state index in [2.05, 4.69) is 0 Å². The van der Waals surface area contributed by atoms with Crippen molar-refractivity contribution in [3.8, 4) is 0 Å². The number of hydrogen-bond donors (Lipinski definition) is 2. The molecule has 1 rings (SSSR count). The number of rotatable bonds is 4. The smallest absolute Gasteiger partial charge is 0.353 e. The lowest BCUT2D eigenvalue weighted by molar-refractivity contribution is -0.137. The maximum Gasteiger partial charge on any atom is 0.405 e. The first-order chi connectivity index (χ1) is 9.52. The van der Waals surface area contributed by atoms with Crippen LogP contribution in [0.25, 0.3) is 0 Å². The van der Waals surface area contributed by atoms with Crippen molar-refractivity contribution < 1.29 is 31.1 Å². The van der Waals surface area contributed by atoms with Crippen LogP contribution in [0.3, 0.4) is 0 Å². The first-order valence-electron chi connectivity index (χ1n) is 5.51. The summed E-state index contributed by atoms with van der Waals surface area (Å²) in [5.74, 6) is 4.15. The molecule has 1 aromatic rings. The van der Waals surface area contributed by atoms with E-state index in [1.165, 1.54) is 0 Å². The first kappa shape index (κ1) is 17.1. The monoisotopic (exact) mass is 315 g/mol. The highest BCUT2D eigenvalue weighted by Crippen LogP contribution is 2.26. The van der Waals surface area contributed by atoms with Gasteiger partial charge in [0.15, 0.2) is 0 Å². The number of nitrogens with one attached hydrogen (secondary N) is 1. The van der Waals surface area contributed by atoms with Crippen LogP contribution in [0.1, 0.15) is 10.4 Å². The molecule has 1 aromatic carbocycles. The van der Waals surface area contributed by atoms with Crippen molar-refractivity contribution in [3.05, 3.63) is 29.8 Å². The van der Waals surface area contributed by atoms with E-state index in [1.54, 1.807) is 5.43 Å². The van der Waals surface area contributed by atoms with Crippen molar-refractivity contribution in [1.82, 2.24) is 5.43 Å². The second kappa shape index (κ2) is 6.20. The lowest BCUT2D eigenvalue weighted by atomic mass is 10.2. The Labute approximate surface area is 115 Å². The Morgan fingerprint density at radius 2 is 1.43 bits per heavy atom. The number of carbonyl (C=O) groups excluding carboxylic acids is 1. The van der Waals surface area contributed by atoms with Gasteiger partial charge in [-0.15, -0.1) is 0 Å². The molecule has 0 aliphatic rings. The number of nitrogen functional groups attached to an aromatic ring is 1. The second-order valence-corrected chi connectivity index (χ2v) is 4.11. The van der Waals surface area contributed by atoms with E-state index in [0.29, 0.717) is 0 Å². The third kappa shape index (κ3) is 5.90. The average Bonchev–Trinajstić information content (AvgIpc) is 2.34. The largest absolute Gasteiger partial charge is 0.405 e. The summed E-state index contributed by atoms with van der Waals surface area (Å²) in [6, 6.07) is 4.14. The Hall–Kier alpha value is -1.97. The fraction of sp³-hybridized carbons (Fsp3) is 0.364. The molecule has 0 radical (unpaired) electrons. The van der Waals surface area contributed by atoms with Gasteiger partial charge in [-0.25, -0.2) is 5.84 Å². The molecule has 4 nitrogen and oxygen atoms in total. The zero-order valence-corrected chi connectivity index (χ0v) is 10.4. The molecule has 0 fully saturated rings. The van der Waals surface area contributed by atoms with Gasteiger partial charge in [-0.05, 0) is 24.3 Å². The standard InChI is InChI=1S/C11H11F6N3O/c12-10(13,14)5-20(6-11(15,16)17)8-3-1-7(2-4-8)9(21)19-18/h1-4H,5-6,18H2,(H,19,21). The number of hydrogen-bond acceptors (Lipinski definition) is 3. The van der Waals surface area contributed by atoms with E-state index in [-0.39, 0.29) is 16.2 Å². The Morgan fingerprint density at radius 1 is 1.00 bits per heavy atom. The summed E-state index contributed by atoms with van der Waals surface area (Å²) in [7, 11) is 0. The number of alkyl halides is 6. The number of benzene rings is 1. The zero-order chi connectivity index (χ0) is 16.3. The Morgan fingerprint density at radius 3 is 1.76 bits per heavy atom. The highest BCUT2D eigenvalue weighted by atomic mass is 19.4. The van der Waals surface area contributed by atoms with Crippen LogP contribution < -0.4 is 16.2 Å². The highest BCUT2D eigenvalue weighted by molar-refractivity contribution is 5.94. The minimum atomic E-state index is -4.79.